The summed E-state index contributed by atoms with van der Waals surface area (Å²) in [6.45, 7) is 0. The number of nitrogens with zero attached hydrogens (tertiary/aromatic N) is 1. The van der Waals surface area contributed by atoms with Crippen LogP contribution in [0.5, 0.6) is 0 Å². The molecular formula is C5H12NO14S4+. The van der Waals surface area contributed by atoms with E-state index in [9.17, 15) is 38.5 Å². The number of carboxylic acids is 1. The van der Waals surface area contributed by atoms with Crippen molar-refractivity contribution in [2.45, 2.75) is 8.91 Å². The van der Waals surface area contributed by atoms with E-state index in [2.05, 4.69) is 0 Å². The van der Waals surface area contributed by atoms with Crippen LogP contribution in [0.25, 0.3) is 0 Å². The Morgan fingerprint density at radius 1 is 0.792 bits per heavy atom. The minimum atomic E-state index is -6.52. The molecule has 0 aromatic heterocycles. The van der Waals surface area contributed by atoms with Crippen LogP contribution in [0.3, 0.4) is 0 Å². The number of quaternary nitrogens is 1. The highest BCUT2D eigenvalue weighted by molar-refractivity contribution is 8.06. The van der Waals surface area contributed by atoms with E-state index in [4.69, 9.17) is 23.3 Å². The van der Waals surface area contributed by atoms with Crippen molar-refractivity contribution in [2.24, 2.45) is 0 Å². The van der Waals surface area contributed by atoms with Gasteiger partial charge in [-0.05, 0) is 0 Å². The van der Waals surface area contributed by atoms with Crippen LogP contribution < -0.4 is 0 Å². The van der Waals surface area contributed by atoms with Crippen molar-refractivity contribution in [1.82, 2.24) is 0 Å². The minimum Gasteiger partial charge on any atom is -0.475 e. The number of hydrogen-bond acceptors (Lipinski definition) is 9. The van der Waals surface area contributed by atoms with Gasteiger partial charge in [0.15, 0.2) is 0 Å². The SMILES string of the molecule is C[N+](C)(C(S(=O)(=O)O)S(=O)(=O)O)C(C(=O)O)(S(=O)(=O)O)S(=O)(=O)O. The van der Waals surface area contributed by atoms with Crippen LogP contribution in [-0.2, 0) is 45.3 Å². The third-order valence-electron chi connectivity index (χ3n) is 2.76. The van der Waals surface area contributed by atoms with Crippen molar-refractivity contribution in [3.8, 4) is 0 Å². The van der Waals surface area contributed by atoms with Gasteiger partial charge in [0, 0.05) is 0 Å². The summed E-state index contributed by atoms with van der Waals surface area (Å²) in [5.41, 5.74) is 0. The van der Waals surface area contributed by atoms with Gasteiger partial charge in [0.1, 0.15) is 0 Å². The molecule has 0 aromatic rings. The summed E-state index contributed by atoms with van der Waals surface area (Å²) in [6, 6.07) is 0. The molecule has 0 radical (unpaired) electrons. The van der Waals surface area contributed by atoms with Crippen LogP contribution in [0.1, 0.15) is 0 Å². The molecule has 24 heavy (non-hydrogen) atoms. The van der Waals surface area contributed by atoms with Crippen LogP contribution in [-0.4, -0.2) is 90.4 Å². The van der Waals surface area contributed by atoms with E-state index < -0.39 is 59.8 Å². The van der Waals surface area contributed by atoms with Crippen molar-refractivity contribution in [3.63, 3.8) is 0 Å². The summed E-state index contributed by atoms with van der Waals surface area (Å²) in [4.78, 5) is 11.3. The largest absolute Gasteiger partial charge is 0.475 e. The number of carboxylic acid groups (broad SMARTS) is 1. The molecule has 5 N–H and O–H groups in total. The van der Waals surface area contributed by atoms with Crippen LogP contribution in [0.15, 0.2) is 0 Å². The Balaban J connectivity index is 7.66. The molecule has 0 rings (SSSR count). The number of aliphatic carboxylic acids is 1. The van der Waals surface area contributed by atoms with Crippen molar-refractivity contribution in [1.29, 1.82) is 0 Å². The molecule has 0 atom stereocenters. The molecule has 144 valence electrons. The maximum atomic E-state index is 11.4. The molecule has 0 spiro atoms. The van der Waals surface area contributed by atoms with E-state index in [0.29, 0.717) is 0 Å². The first-order valence-corrected chi connectivity index (χ1v) is 10.9. The molecule has 15 nitrogen and oxygen atoms in total. The Kier molecular flexibility index (Phi) is 5.58. The lowest BCUT2D eigenvalue weighted by atomic mass is 10.5. The van der Waals surface area contributed by atoms with Crippen LogP contribution >= 0.6 is 0 Å². The van der Waals surface area contributed by atoms with Crippen molar-refractivity contribution in [2.75, 3.05) is 14.1 Å². The fourth-order valence-corrected chi connectivity index (χ4v) is 8.20. The van der Waals surface area contributed by atoms with E-state index in [0.717, 1.165) is 0 Å². The summed E-state index contributed by atoms with van der Waals surface area (Å²) < 4.78 is 115. The van der Waals surface area contributed by atoms with E-state index in [1.54, 1.807) is 0 Å². The summed E-state index contributed by atoms with van der Waals surface area (Å²) in [7, 11) is -25.3. The predicted octanol–water partition coefficient (Wildman–Crippen LogP) is -3.36. The molecule has 0 saturated heterocycles. The fourth-order valence-electron chi connectivity index (χ4n) is 2.15. The standard InChI is InChI=1S/C5H11NO14S4/c1-6(2,4(21(9,10)11)22(12,13)14)5(3(7)8,23(15,16)17)24(18,19)20/h4H,1-2H3,(H4-,7,8,9,10,11,12,13,14,15,16,17,18,19,20)/p+1. The molecule has 0 unspecified atom stereocenters. The molecule has 19 heteroatoms. The van der Waals surface area contributed by atoms with Gasteiger partial charge in [0.05, 0.1) is 14.1 Å². The van der Waals surface area contributed by atoms with Gasteiger partial charge >= 0.3 is 55.4 Å². The van der Waals surface area contributed by atoms with Crippen molar-refractivity contribution in [3.05, 3.63) is 0 Å². The highest BCUT2D eigenvalue weighted by atomic mass is 32.3. The van der Waals surface area contributed by atoms with Gasteiger partial charge < -0.3 is 5.11 Å². The van der Waals surface area contributed by atoms with Gasteiger partial charge in [-0.1, -0.05) is 0 Å². The molecule has 0 aliphatic rings. The van der Waals surface area contributed by atoms with Gasteiger partial charge in [0.2, 0.25) is 0 Å². The topological polar surface area (TPSA) is 255 Å². The van der Waals surface area contributed by atoms with Gasteiger partial charge in [-0.2, -0.15) is 33.7 Å². The Hall–Kier alpha value is -0.930. The lowest BCUT2D eigenvalue weighted by Crippen LogP contribution is -2.76. The van der Waals surface area contributed by atoms with Crippen LogP contribution in [0, 0.1) is 0 Å². The zero-order valence-electron chi connectivity index (χ0n) is 11.6. The van der Waals surface area contributed by atoms with Crippen molar-refractivity contribution >= 4 is 46.4 Å². The average Bonchev–Trinajstić information content (AvgIpc) is 2.02. The van der Waals surface area contributed by atoms with Crippen LogP contribution in [0.2, 0.25) is 0 Å². The first-order chi connectivity index (χ1) is 10.1. The Morgan fingerprint density at radius 3 is 1.17 bits per heavy atom. The molecule has 0 amide bonds. The van der Waals surface area contributed by atoms with Crippen molar-refractivity contribution < 1.29 is 66.3 Å². The lowest BCUT2D eigenvalue weighted by molar-refractivity contribution is -0.902. The predicted molar refractivity (Wildman–Crippen MR) is 72.5 cm³/mol. The molecule has 0 aliphatic carbocycles. The highest BCUT2D eigenvalue weighted by Crippen LogP contribution is 2.38. The van der Waals surface area contributed by atoms with Gasteiger partial charge in [0.25, 0.3) is 0 Å². The molecule has 0 heterocycles. The Morgan fingerprint density at radius 2 is 1.04 bits per heavy atom. The summed E-state index contributed by atoms with van der Waals surface area (Å²) in [6.07, 6.45) is 0. The van der Waals surface area contributed by atoms with Gasteiger partial charge in [-0.25, -0.2) is 4.79 Å². The average molecular weight is 438 g/mol. The third-order valence-corrected chi connectivity index (χ3v) is 10.3. The molecule has 0 saturated carbocycles. The van der Waals surface area contributed by atoms with Gasteiger partial charge in [-0.3, -0.25) is 22.7 Å². The zero-order valence-corrected chi connectivity index (χ0v) is 14.8. The normalized spacial score (nSPS) is 15.5. The summed E-state index contributed by atoms with van der Waals surface area (Å²) in [5.74, 6) is -3.13. The maximum Gasteiger partial charge on any atom is 0.445 e. The zero-order chi connectivity index (χ0) is 20.2. The van der Waals surface area contributed by atoms with E-state index in [1.807, 2.05) is 0 Å². The van der Waals surface area contributed by atoms with E-state index in [1.165, 1.54) is 0 Å². The molecule has 0 bridgehead atoms. The maximum absolute atomic E-state index is 11.4. The molecule has 0 aromatic carbocycles. The quantitative estimate of drug-likeness (QED) is 0.192. The number of carbonyl (C=O) groups is 1. The second-order valence-electron chi connectivity index (χ2n) is 4.71. The lowest BCUT2D eigenvalue weighted by Gasteiger charge is -2.42. The number of hydrogen-bond donors (Lipinski definition) is 5. The monoisotopic (exact) mass is 438 g/mol. The van der Waals surface area contributed by atoms with E-state index in [-0.39, 0.29) is 14.1 Å². The first kappa shape index (κ1) is 23.1. The van der Waals surface area contributed by atoms with Crippen LogP contribution in [0.4, 0.5) is 0 Å². The highest BCUT2D eigenvalue weighted by Gasteiger charge is 2.78. The summed E-state index contributed by atoms with van der Waals surface area (Å²) >= 11 is 0. The smallest absolute Gasteiger partial charge is 0.445 e. The second-order valence-corrected chi connectivity index (χ2v) is 11.3. The van der Waals surface area contributed by atoms with Gasteiger partial charge in [-0.15, -0.1) is 0 Å². The first-order valence-electron chi connectivity index (χ1n) is 5.00. The Bertz CT molecular complexity index is 886. The number of likely N-dealkylation sites (N-methyl/N-ethyl adjacent to an activating group) is 1. The number of rotatable bonds is 7. The Labute approximate surface area is 136 Å². The molecular weight excluding hydrogens is 426 g/mol. The third kappa shape index (κ3) is 3.39. The van der Waals surface area contributed by atoms with E-state index >= 15 is 0 Å². The second kappa shape index (κ2) is 5.81. The fraction of sp³-hybridized carbons (Fsp3) is 0.800. The molecule has 0 aliphatic heterocycles. The minimum absolute atomic E-state index is 0.0259. The summed E-state index contributed by atoms with van der Waals surface area (Å²) in [5, 5.41) is 8.96. The molecule has 0 fully saturated rings.